The Bertz CT molecular complexity index is 2640. The molecule has 1 aromatic heterocycles. The van der Waals surface area contributed by atoms with E-state index < -0.39 is 0 Å². The van der Waals surface area contributed by atoms with Crippen LogP contribution >= 0.6 is 0 Å². The van der Waals surface area contributed by atoms with Gasteiger partial charge >= 0.3 is 0 Å². The Balaban J connectivity index is 1.17. The van der Waals surface area contributed by atoms with Crippen LogP contribution in [0.4, 0.5) is 0 Å². The molecule has 1 aliphatic rings. The molecular formula is C45H32N2O. The Hall–Kier alpha value is -6.06. The van der Waals surface area contributed by atoms with Gasteiger partial charge in [0.05, 0.1) is 16.6 Å². The first-order chi connectivity index (χ1) is 23.6. The van der Waals surface area contributed by atoms with Crippen molar-refractivity contribution in [2.45, 2.75) is 19.8 Å². The van der Waals surface area contributed by atoms with Gasteiger partial charge in [0.2, 0.25) is 0 Å². The standard InChI is InChI=1S/C45H32N2O/c1-29-18-22-35(23-19-29)47-44(30-10-3-2-4-11-30)46-43-25-21-34(28-42(43)45(47)48)32-13-9-12-31(26-32)33-20-24-40-38-16-6-5-14-36(38)37-15-7-8-17-39(37)41(40)27-33/h2-8,10-12,14-28H,9,13H2,1H3. The van der Waals surface area contributed by atoms with E-state index in [-0.39, 0.29) is 5.56 Å². The summed E-state index contributed by atoms with van der Waals surface area (Å²) in [5.74, 6) is 0.642. The third-order valence-corrected chi connectivity index (χ3v) is 9.75. The minimum atomic E-state index is -0.0645. The van der Waals surface area contributed by atoms with Crippen LogP contribution in [0.15, 0.2) is 156 Å². The maximum absolute atomic E-state index is 14.3. The van der Waals surface area contributed by atoms with E-state index in [1.807, 2.05) is 66.7 Å². The lowest BCUT2D eigenvalue weighted by atomic mass is 9.88. The van der Waals surface area contributed by atoms with E-state index in [2.05, 4.69) is 91.9 Å². The highest BCUT2D eigenvalue weighted by atomic mass is 16.1. The fraction of sp³-hybridized carbons (Fsp3) is 0.0667. The maximum atomic E-state index is 14.3. The summed E-state index contributed by atoms with van der Waals surface area (Å²) < 4.78 is 1.75. The molecule has 1 heterocycles. The fourth-order valence-electron chi connectivity index (χ4n) is 7.32. The van der Waals surface area contributed by atoms with Crippen LogP contribution in [0.3, 0.4) is 0 Å². The molecule has 0 amide bonds. The van der Waals surface area contributed by atoms with Crippen molar-refractivity contribution in [3.8, 4) is 17.1 Å². The van der Waals surface area contributed by atoms with E-state index in [0.29, 0.717) is 16.7 Å². The summed E-state index contributed by atoms with van der Waals surface area (Å²) in [7, 11) is 0. The summed E-state index contributed by atoms with van der Waals surface area (Å²) in [6, 6.07) is 48.5. The third-order valence-electron chi connectivity index (χ3n) is 9.75. The quantitative estimate of drug-likeness (QED) is 0.184. The SMILES string of the molecule is Cc1ccc(-n2c(-c3ccccc3)nc3ccc(C4=CC(c5ccc6c7ccccc7c7ccccc7c6c5)=CCC4)cc3c2=O)cc1. The normalized spacial score (nSPS) is 13.3. The maximum Gasteiger partial charge on any atom is 0.266 e. The van der Waals surface area contributed by atoms with E-state index in [1.54, 1.807) is 4.57 Å². The van der Waals surface area contributed by atoms with Crippen molar-refractivity contribution in [1.82, 2.24) is 9.55 Å². The van der Waals surface area contributed by atoms with Gasteiger partial charge in [0.25, 0.3) is 5.56 Å². The van der Waals surface area contributed by atoms with Crippen LogP contribution < -0.4 is 5.56 Å². The Kier molecular flexibility index (Phi) is 6.65. The first kappa shape index (κ1) is 28.2. The van der Waals surface area contributed by atoms with E-state index in [9.17, 15) is 4.79 Å². The Morgan fingerprint density at radius 1 is 0.562 bits per heavy atom. The number of hydrogen-bond donors (Lipinski definition) is 0. The molecule has 3 nitrogen and oxygen atoms in total. The smallest absolute Gasteiger partial charge is 0.266 e. The first-order valence-electron chi connectivity index (χ1n) is 16.6. The van der Waals surface area contributed by atoms with E-state index in [4.69, 9.17) is 4.98 Å². The molecule has 0 fully saturated rings. The van der Waals surface area contributed by atoms with Gasteiger partial charge < -0.3 is 0 Å². The lowest BCUT2D eigenvalue weighted by Gasteiger charge is -2.18. The summed E-state index contributed by atoms with van der Waals surface area (Å²) >= 11 is 0. The van der Waals surface area contributed by atoms with E-state index in [1.165, 1.54) is 49.0 Å². The van der Waals surface area contributed by atoms with Crippen LogP contribution in [0.5, 0.6) is 0 Å². The second-order valence-corrected chi connectivity index (χ2v) is 12.7. The molecule has 1 aliphatic carbocycles. The lowest BCUT2D eigenvalue weighted by Crippen LogP contribution is -2.22. The molecule has 0 radical (unpaired) electrons. The van der Waals surface area contributed by atoms with Gasteiger partial charge in [-0.3, -0.25) is 9.36 Å². The largest absolute Gasteiger partial charge is 0.268 e. The molecule has 8 aromatic rings. The van der Waals surface area contributed by atoms with Crippen LogP contribution in [0.1, 0.15) is 29.5 Å². The Morgan fingerprint density at radius 3 is 1.88 bits per heavy atom. The third kappa shape index (κ3) is 4.66. The van der Waals surface area contributed by atoms with Crippen LogP contribution in [0.25, 0.3) is 71.4 Å². The average Bonchev–Trinajstić information content (AvgIpc) is 3.15. The molecule has 0 bridgehead atoms. The Labute approximate surface area is 278 Å². The highest BCUT2D eigenvalue weighted by Crippen LogP contribution is 2.38. The highest BCUT2D eigenvalue weighted by Gasteiger charge is 2.17. The summed E-state index contributed by atoms with van der Waals surface area (Å²) in [6.45, 7) is 2.05. The summed E-state index contributed by atoms with van der Waals surface area (Å²) in [6.07, 6.45) is 6.50. The van der Waals surface area contributed by atoms with Gasteiger partial charge in [-0.15, -0.1) is 0 Å². The highest BCUT2D eigenvalue weighted by molar-refractivity contribution is 6.25. The number of nitrogens with zero attached hydrogens (tertiary/aromatic N) is 2. The zero-order chi connectivity index (χ0) is 32.2. The second kappa shape index (κ2) is 11.3. The predicted molar refractivity (Wildman–Crippen MR) is 202 cm³/mol. The predicted octanol–water partition coefficient (Wildman–Crippen LogP) is 11.1. The second-order valence-electron chi connectivity index (χ2n) is 12.7. The molecule has 0 spiro atoms. The molecule has 0 atom stereocenters. The molecule has 9 rings (SSSR count). The van der Waals surface area contributed by atoms with Crippen molar-refractivity contribution in [2.24, 2.45) is 0 Å². The van der Waals surface area contributed by atoms with Gasteiger partial charge in [-0.05, 0) is 105 Å². The van der Waals surface area contributed by atoms with E-state index in [0.717, 1.165) is 35.2 Å². The molecular weight excluding hydrogens is 585 g/mol. The zero-order valence-electron chi connectivity index (χ0n) is 26.7. The number of fused-ring (bicyclic) bond motifs is 7. The molecule has 48 heavy (non-hydrogen) atoms. The number of allylic oxidation sites excluding steroid dienone is 4. The van der Waals surface area contributed by atoms with Crippen LogP contribution in [-0.4, -0.2) is 9.55 Å². The van der Waals surface area contributed by atoms with Gasteiger partial charge in [0.15, 0.2) is 0 Å². The monoisotopic (exact) mass is 616 g/mol. The van der Waals surface area contributed by atoms with Crippen molar-refractivity contribution >= 4 is 54.4 Å². The van der Waals surface area contributed by atoms with Crippen molar-refractivity contribution in [3.63, 3.8) is 0 Å². The van der Waals surface area contributed by atoms with Gasteiger partial charge in [-0.1, -0.05) is 127 Å². The topological polar surface area (TPSA) is 34.9 Å². The molecule has 0 N–H and O–H groups in total. The number of benzene rings is 7. The van der Waals surface area contributed by atoms with Crippen molar-refractivity contribution < 1.29 is 0 Å². The zero-order valence-corrected chi connectivity index (χ0v) is 26.7. The summed E-state index contributed by atoms with van der Waals surface area (Å²) in [5.41, 5.74) is 8.20. The van der Waals surface area contributed by atoms with Crippen LogP contribution in [0.2, 0.25) is 0 Å². The Morgan fingerprint density at radius 2 is 1.17 bits per heavy atom. The van der Waals surface area contributed by atoms with Crippen molar-refractivity contribution in [2.75, 3.05) is 0 Å². The number of hydrogen-bond acceptors (Lipinski definition) is 2. The molecule has 0 unspecified atom stereocenters. The minimum Gasteiger partial charge on any atom is -0.268 e. The molecule has 228 valence electrons. The fourth-order valence-corrected chi connectivity index (χ4v) is 7.32. The van der Waals surface area contributed by atoms with Crippen molar-refractivity contribution in [1.29, 1.82) is 0 Å². The summed E-state index contributed by atoms with van der Waals surface area (Å²) in [5, 5.41) is 8.28. The molecule has 3 heteroatoms. The molecule has 0 saturated carbocycles. The number of rotatable bonds is 4. The van der Waals surface area contributed by atoms with Gasteiger partial charge in [-0.25, -0.2) is 4.98 Å². The van der Waals surface area contributed by atoms with Gasteiger partial charge in [-0.2, -0.15) is 0 Å². The van der Waals surface area contributed by atoms with E-state index >= 15 is 0 Å². The molecule has 0 aliphatic heterocycles. The van der Waals surface area contributed by atoms with Gasteiger partial charge in [0.1, 0.15) is 5.82 Å². The minimum absolute atomic E-state index is 0.0645. The molecule has 0 saturated heterocycles. The number of aryl methyl sites for hydroxylation is 1. The van der Waals surface area contributed by atoms with Crippen LogP contribution in [0, 0.1) is 6.92 Å². The lowest BCUT2D eigenvalue weighted by molar-refractivity contribution is 0.974. The molecule has 7 aromatic carbocycles. The first-order valence-corrected chi connectivity index (χ1v) is 16.6. The number of aromatic nitrogens is 2. The van der Waals surface area contributed by atoms with Crippen molar-refractivity contribution in [3.05, 3.63) is 179 Å². The average molecular weight is 617 g/mol. The van der Waals surface area contributed by atoms with Crippen LogP contribution in [-0.2, 0) is 0 Å². The summed E-state index contributed by atoms with van der Waals surface area (Å²) in [4.78, 5) is 19.4. The van der Waals surface area contributed by atoms with Gasteiger partial charge in [0, 0.05) is 5.56 Å².